The molecule has 0 atom stereocenters. The minimum atomic E-state index is 0.415. The summed E-state index contributed by atoms with van der Waals surface area (Å²) in [6.07, 6.45) is 1.34. The Balaban J connectivity index is 0. The second-order valence-electron chi connectivity index (χ2n) is 3.15. The summed E-state index contributed by atoms with van der Waals surface area (Å²) in [4.78, 5) is 0. The van der Waals surface area contributed by atoms with Gasteiger partial charge in [-0.05, 0) is 6.92 Å². The largest absolute Gasteiger partial charge is 0.381 e. The van der Waals surface area contributed by atoms with Crippen molar-refractivity contribution < 1.29 is 14.2 Å². The molecule has 0 N–H and O–H groups in total. The van der Waals surface area contributed by atoms with Crippen LogP contribution >= 0.6 is 0 Å². The van der Waals surface area contributed by atoms with Gasteiger partial charge in [-0.3, -0.25) is 0 Å². The van der Waals surface area contributed by atoms with Gasteiger partial charge >= 0.3 is 0 Å². The van der Waals surface area contributed by atoms with Gasteiger partial charge in [-0.15, -0.1) is 0 Å². The maximum absolute atomic E-state index is 8.14. The van der Waals surface area contributed by atoms with Crippen LogP contribution in [-0.2, 0) is 14.2 Å². The summed E-state index contributed by atoms with van der Waals surface area (Å²) in [6.45, 7) is 5.10. The molecule has 0 aliphatic carbocycles. The molecule has 0 aliphatic rings. The molecule has 0 saturated carbocycles. The molecular weight excluding hydrogens is 246 g/mol. The van der Waals surface area contributed by atoms with Crippen molar-refractivity contribution in [2.24, 2.45) is 0 Å². The zero-order valence-corrected chi connectivity index (χ0v) is 11.4. The normalized spacial score (nSPS) is 8.53. The molecule has 0 bridgehead atoms. The van der Waals surface area contributed by atoms with Crippen molar-refractivity contribution in [3.63, 3.8) is 0 Å². The van der Waals surface area contributed by atoms with Crippen LogP contribution in [0.3, 0.4) is 0 Å². The molecule has 0 heterocycles. The van der Waals surface area contributed by atoms with Gasteiger partial charge in [0.15, 0.2) is 0 Å². The first-order valence-electron chi connectivity index (χ1n) is 6.17. The second kappa shape index (κ2) is 21.6. The fourth-order valence-electron chi connectivity index (χ4n) is 0.820. The van der Waals surface area contributed by atoms with E-state index in [2.05, 4.69) is 0 Å². The predicted octanol–water partition coefficient (Wildman–Crippen LogP) is 1.78. The van der Waals surface area contributed by atoms with Crippen LogP contribution in [0.4, 0.5) is 0 Å². The molecule has 6 nitrogen and oxygen atoms in total. The number of nitriles is 3. The maximum Gasteiger partial charge on any atom is 0.0700 e. The van der Waals surface area contributed by atoms with Crippen molar-refractivity contribution in [2.75, 3.05) is 39.6 Å². The standard InChI is InChI=1S/C8H12N2O2.C5H9NO/c9-3-1-5-11-7-8-12-6-2-4-10;1-2-7-5-3-4-6/h1-2,5-8H2;2-3,5H2,1H3. The Labute approximate surface area is 115 Å². The molecule has 0 saturated heterocycles. The van der Waals surface area contributed by atoms with Crippen molar-refractivity contribution in [3.8, 4) is 18.2 Å². The molecule has 19 heavy (non-hydrogen) atoms. The Morgan fingerprint density at radius 2 is 1.00 bits per heavy atom. The number of hydrogen-bond acceptors (Lipinski definition) is 6. The summed E-state index contributed by atoms with van der Waals surface area (Å²) in [5.41, 5.74) is 0. The van der Waals surface area contributed by atoms with E-state index < -0.39 is 0 Å². The summed E-state index contributed by atoms with van der Waals surface area (Å²) in [6, 6.07) is 5.92. The number of ether oxygens (including phenoxy) is 3. The quantitative estimate of drug-likeness (QED) is 0.559. The van der Waals surface area contributed by atoms with Crippen molar-refractivity contribution in [1.82, 2.24) is 0 Å². The highest BCUT2D eigenvalue weighted by Gasteiger charge is 1.88. The van der Waals surface area contributed by atoms with E-state index in [1.807, 2.05) is 25.1 Å². The van der Waals surface area contributed by atoms with Crippen LogP contribution in [0, 0.1) is 34.0 Å². The number of rotatable bonds is 10. The Hall–Kier alpha value is -1.65. The zero-order chi connectivity index (χ0) is 14.6. The summed E-state index contributed by atoms with van der Waals surface area (Å²) >= 11 is 0. The lowest BCUT2D eigenvalue weighted by Gasteiger charge is -2.01. The van der Waals surface area contributed by atoms with Crippen LogP contribution in [0.2, 0.25) is 0 Å². The molecule has 0 rings (SSSR count). The van der Waals surface area contributed by atoms with E-state index in [1.165, 1.54) is 0 Å². The average molecular weight is 267 g/mol. The number of nitrogens with zero attached hydrogens (tertiary/aromatic N) is 3. The molecule has 0 aromatic rings. The lowest BCUT2D eigenvalue weighted by atomic mass is 10.5. The highest BCUT2D eigenvalue weighted by atomic mass is 16.5. The highest BCUT2D eigenvalue weighted by Crippen LogP contribution is 1.83. The molecule has 0 amide bonds. The summed E-state index contributed by atoms with van der Waals surface area (Å²) < 4.78 is 14.9. The van der Waals surface area contributed by atoms with Gasteiger partial charge in [0.1, 0.15) is 0 Å². The van der Waals surface area contributed by atoms with Gasteiger partial charge in [-0.2, -0.15) is 15.8 Å². The van der Waals surface area contributed by atoms with Crippen molar-refractivity contribution >= 4 is 0 Å². The Morgan fingerprint density at radius 1 is 0.632 bits per heavy atom. The molecule has 106 valence electrons. The molecule has 0 aliphatic heterocycles. The summed E-state index contributed by atoms with van der Waals surface area (Å²) in [7, 11) is 0. The Morgan fingerprint density at radius 3 is 1.32 bits per heavy atom. The van der Waals surface area contributed by atoms with Crippen LogP contribution in [0.15, 0.2) is 0 Å². The molecule has 6 heteroatoms. The van der Waals surface area contributed by atoms with E-state index in [9.17, 15) is 0 Å². The lowest BCUT2D eigenvalue weighted by molar-refractivity contribution is 0.0520. The van der Waals surface area contributed by atoms with E-state index in [0.717, 1.165) is 0 Å². The van der Waals surface area contributed by atoms with E-state index in [-0.39, 0.29) is 0 Å². The van der Waals surface area contributed by atoms with Crippen LogP contribution in [0.1, 0.15) is 26.2 Å². The monoisotopic (exact) mass is 267 g/mol. The minimum absolute atomic E-state index is 0.415. The topological polar surface area (TPSA) is 99.1 Å². The van der Waals surface area contributed by atoms with Gasteiger partial charge < -0.3 is 14.2 Å². The minimum Gasteiger partial charge on any atom is -0.381 e. The Bertz CT molecular complexity index is 269. The fraction of sp³-hybridized carbons (Fsp3) is 0.769. The first kappa shape index (κ1) is 19.7. The summed E-state index contributed by atoms with van der Waals surface area (Å²) in [5, 5.41) is 24.2. The highest BCUT2D eigenvalue weighted by molar-refractivity contribution is 4.68. The third-order valence-corrected chi connectivity index (χ3v) is 1.65. The molecule has 0 aromatic heterocycles. The van der Waals surface area contributed by atoms with Gasteiger partial charge in [0.2, 0.25) is 0 Å². The van der Waals surface area contributed by atoms with Gasteiger partial charge in [0.05, 0.1) is 70.5 Å². The van der Waals surface area contributed by atoms with Crippen LogP contribution in [0.25, 0.3) is 0 Å². The van der Waals surface area contributed by atoms with E-state index in [1.54, 1.807) is 0 Å². The van der Waals surface area contributed by atoms with Gasteiger partial charge in [0, 0.05) is 6.61 Å². The van der Waals surface area contributed by atoms with Gasteiger partial charge in [0.25, 0.3) is 0 Å². The van der Waals surface area contributed by atoms with Crippen molar-refractivity contribution in [3.05, 3.63) is 0 Å². The van der Waals surface area contributed by atoms with Gasteiger partial charge in [-0.1, -0.05) is 0 Å². The molecule has 0 fully saturated rings. The SMILES string of the molecule is CCOCCC#N.N#CCCOCCOCCC#N. The van der Waals surface area contributed by atoms with E-state index >= 15 is 0 Å². The molecule has 0 aromatic carbocycles. The predicted molar refractivity (Wildman–Crippen MR) is 68.8 cm³/mol. The smallest absolute Gasteiger partial charge is 0.0700 e. The maximum atomic E-state index is 8.14. The fourth-order valence-corrected chi connectivity index (χ4v) is 0.820. The third kappa shape index (κ3) is 26.1. The molecule has 0 radical (unpaired) electrons. The first-order valence-corrected chi connectivity index (χ1v) is 6.17. The average Bonchev–Trinajstić information content (AvgIpc) is 2.43. The van der Waals surface area contributed by atoms with Crippen LogP contribution in [0.5, 0.6) is 0 Å². The van der Waals surface area contributed by atoms with E-state index in [4.69, 9.17) is 30.0 Å². The van der Waals surface area contributed by atoms with Gasteiger partial charge in [-0.25, -0.2) is 0 Å². The zero-order valence-electron chi connectivity index (χ0n) is 11.4. The molecule has 0 unspecified atom stereocenters. The molecular formula is C13H21N3O3. The summed E-state index contributed by atoms with van der Waals surface area (Å²) in [5.74, 6) is 0. The van der Waals surface area contributed by atoms with E-state index in [0.29, 0.717) is 58.9 Å². The number of hydrogen-bond donors (Lipinski definition) is 0. The molecule has 0 spiro atoms. The first-order chi connectivity index (χ1) is 9.33. The van der Waals surface area contributed by atoms with Crippen molar-refractivity contribution in [1.29, 1.82) is 15.8 Å². The second-order valence-corrected chi connectivity index (χ2v) is 3.15. The van der Waals surface area contributed by atoms with Crippen molar-refractivity contribution in [2.45, 2.75) is 26.2 Å². The lowest BCUT2D eigenvalue weighted by Crippen LogP contribution is -2.05. The van der Waals surface area contributed by atoms with Crippen LogP contribution < -0.4 is 0 Å². The van der Waals surface area contributed by atoms with Crippen LogP contribution in [-0.4, -0.2) is 39.6 Å². The third-order valence-electron chi connectivity index (χ3n) is 1.65. The Kier molecular flexibility index (Phi) is 22.4.